The number of fused-ring (bicyclic) bond motifs is 1. The van der Waals surface area contributed by atoms with E-state index in [2.05, 4.69) is 5.32 Å². The molecule has 1 N–H and O–H groups in total. The molecule has 4 aliphatic rings. The maximum atomic E-state index is 13.6. The number of carbonyl (C=O) groups excluding carboxylic acids is 5. The fraction of sp³-hybridized carbons (Fsp3) is 0.433. The Morgan fingerprint density at radius 3 is 2.62 bits per heavy atom. The van der Waals surface area contributed by atoms with E-state index in [-0.39, 0.29) is 42.6 Å². The molecule has 0 bridgehead atoms. The lowest BCUT2D eigenvalue weighted by Crippen LogP contribution is -2.52. The molecule has 0 aliphatic carbocycles. The van der Waals surface area contributed by atoms with Gasteiger partial charge >= 0.3 is 0 Å². The molecule has 0 aromatic heterocycles. The second kappa shape index (κ2) is 10.7. The number of imide groups is 1. The molecule has 4 heterocycles. The van der Waals surface area contributed by atoms with E-state index in [0.29, 0.717) is 49.4 Å². The summed E-state index contributed by atoms with van der Waals surface area (Å²) < 4.78 is 6.16. The highest BCUT2D eigenvalue weighted by molar-refractivity contribution is 6.05. The van der Waals surface area contributed by atoms with Crippen LogP contribution >= 0.6 is 0 Å². The van der Waals surface area contributed by atoms with E-state index in [0.717, 1.165) is 36.9 Å². The number of nitrogens with one attached hydrogen (secondary N) is 1. The van der Waals surface area contributed by atoms with Crippen molar-refractivity contribution < 1.29 is 28.7 Å². The van der Waals surface area contributed by atoms with Gasteiger partial charge in [0.1, 0.15) is 18.4 Å². The van der Waals surface area contributed by atoms with Crippen molar-refractivity contribution in [1.29, 1.82) is 0 Å². The van der Waals surface area contributed by atoms with Gasteiger partial charge in [-0.2, -0.15) is 0 Å². The molecule has 208 valence electrons. The van der Waals surface area contributed by atoms with Crippen LogP contribution in [0.15, 0.2) is 42.5 Å². The van der Waals surface area contributed by atoms with Crippen molar-refractivity contribution in [3.63, 3.8) is 0 Å². The summed E-state index contributed by atoms with van der Waals surface area (Å²) in [5, 5.41) is 2.32. The van der Waals surface area contributed by atoms with E-state index in [1.165, 1.54) is 4.90 Å². The summed E-state index contributed by atoms with van der Waals surface area (Å²) in [6.07, 6.45) is 4.63. The summed E-state index contributed by atoms with van der Waals surface area (Å²) >= 11 is 0. The highest BCUT2D eigenvalue weighted by atomic mass is 16.5. The molecular weight excluding hydrogens is 512 g/mol. The van der Waals surface area contributed by atoms with Crippen LogP contribution < -0.4 is 15.0 Å². The first kappa shape index (κ1) is 26.0. The highest BCUT2D eigenvalue weighted by Gasteiger charge is 2.39. The van der Waals surface area contributed by atoms with E-state index in [9.17, 15) is 24.0 Å². The smallest absolute Gasteiger partial charge is 0.255 e. The minimum atomic E-state index is -0.661. The SMILES string of the molecule is O=C1CCC(N2Cc3cc(OC[C@H]4CCCCN4C(=O)c4cccc(N5CCCC5=O)c4)ccc3C2=O)C(=O)N1. The molecule has 0 saturated carbocycles. The van der Waals surface area contributed by atoms with Crippen LogP contribution in [-0.4, -0.2) is 71.1 Å². The van der Waals surface area contributed by atoms with Crippen molar-refractivity contribution in [2.45, 2.75) is 63.6 Å². The molecule has 0 spiro atoms. The van der Waals surface area contributed by atoms with Crippen molar-refractivity contribution in [3.05, 3.63) is 59.2 Å². The third-order valence-corrected chi connectivity index (χ3v) is 8.30. The number of rotatable bonds is 6. The van der Waals surface area contributed by atoms with Gasteiger partial charge in [-0.25, -0.2) is 0 Å². The van der Waals surface area contributed by atoms with Gasteiger partial charge in [0.25, 0.3) is 11.8 Å². The molecular formula is C30H32N4O6. The summed E-state index contributed by atoms with van der Waals surface area (Å²) in [6.45, 7) is 1.91. The summed E-state index contributed by atoms with van der Waals surface area (Å²) in [5.41, 5.74) is 2.63. The molecule has 1 unspecified atom stereocenters. The molecule has 10 nitrogen and oxygen atoms in total. The Kier molecular flexibility index (Phi) is 7.00. The second-order valence-corrected chi connectivity index (χ2v) is 10.9. The number of carbonyl (C=O) groups is 5. The van der Waals surface area contributed by atoms with E-state index < -0.39 is 11.9 Å². The van der Waals surface area contributed by atoms with Crippen LogP contribution in [0.1, 0.15) is 71.2 Å². The Morgan fingerprint density at radius 1 is 0.950 bits per heavy atom. The van der Waals surface area contributed by atoms with Crippen molar-refractivity contribution >= 4 is 35.2 Å². The lowest BCUT2D eigenvalue weighted by atomic mass is 10.0. The van der Waals surface area contributed by atoms with Crippen molar-refractivity contribution in [2.75, 3.05) is 24.6 Å². The van der Waals surface area contributed by atoms with E-state index in [1.54, 1.807) is 23.1 Å². The lowest BCUT2D eigenvalue weighted by molar-refractivity contribution is -0.137. The molecule has 2 aromatic carbocycles. The van der Waals surface area contributed by atoms with Gasteiger partial charge < -0.3 is 19.4 Å². The molecule has 4 aliphatic heterocycles. The Morgan fingerprint density at radius 2 is 1.82 bits per heavy atom. The van der Waals surface area contributed by atoms with Gasteiger partial charge in [-0.1, -0.05) is 6.07 Å². The molecule has 40 heavy (non-hydrogen) atoms. The molecule has 5 amide bonds. The number of piperidine rings is 2. The predicted octanol–water partition coefficient (Wildman–Crippen LogP) is 2.65. The minimum absolute atomic E-state index is 0.0683. The van der Waals surface area contributed by atoms with Crippen LogP contribution in [0.5, 0.6) is 5.75 Å². The largest absolute Gasteiger partial charge is 0.491 e. The third-order valence-electron chi connectivity index (χ3n) is 8.30. The van der Waals surface area contributed by atoms with E-state index in [4.69, 9.17) is 4.74 Å². The molecule has 0 radical (unpaired) electrons. The zero-order valence-corrected chi connectivity index (χ0v) is 22.3. The standard InChI is InChI=1S/C30H32N4O6/c35-26-12-11-25(28(37)31-26)34-17-20-16-23(9-10-24(20)30(34)39)40-18-22-6-1-2-13-33(22)29(38)19-5-3-7-21(15-19)32-14-4-8-27(32)36/h3,5,7,9-10,15-16,22,25H,1-2,4,6,8,11-14,17-18H2,(H,31,35,37)/t22-,25?/m1/s1. The lowest BCUT2D eigenvalue weighted by Gasteiger charge is -2.35. The highest BCUT2D eigenvalue weighted by Crippen LogP contribution is 2.31. The van der Waals surface area contributed by atoms with Gasteiger partial charge in [0.05, 0.1) is 6.04 Å². The normalized spacial score (nSPS) is 22.9. The van der Waals surface area contributed by atoms with Crippen LogP contribution in [0.25, 0.3) is 0 Å². The molecule has 3 fully saturated rings. The first-order valence-corrected chi connectivity index (χ1v) is 14.0. The second-order valence-electron chi connectivity index (χ2n) is 10.9. The number of benzene rings is 2. The maximum Gasteiger partial charge on any atom is 0.255 e. The van der Waals surface area contributed by atoms with Crippen molar-refractivity contribution in [1.82, 2.24) is 15.1 Å². The summed E-state index contributed by atoms with van der Waals surface area (Å²) in [6, 6.07) is 11.8. The van der Waals surface area contributed by atoms with Crippen LogP contribution in [-0.2, 0) is 20.9 Å². The number of ether oxygens (including phenoxy) is 1. The Balaban J connectivity index is 1.12. The average Bonchev–Trinajstić information content (AvgIpc) is 3.54. The van der Waals surface area contributed by atoms with E-state index >= 15 is 0 Å². The third kappa shape index (κ3) is 4.94. The number of hydrogen-bond acceptors (Lipinski definition) is 6. The first-order chi connectivity index (χ1) is 19.4. The van der Waals surface area contributed by atoms with Gasteiger partial charge in [-0.3, -0.25) is 29.3 Å². The summed E-state index contributed by atoms with van der Waals surface area (Å²) in [7, 11) is 0. The van der Waals surface area contributed by atoms with Gasteiger partial charge in [0.2, 0.25) is 17.7 Å². The van der Waals surface area contributed by atoms with Crippen LogP contribution in [0, 0.1) is 0 Å². The van der Waals surface area contributed by atoms with Crippen molar-refractivity contribution in [3.8, 4) is 5.75 Å². The Labute approximate surface area is 232 Å². The number of nitrogens with zero attached hydrogens (tertiary/aromatic N) is 3. The molecule has 2 atom stereocenters. The van der Waals surface area contributed by atoms with Gasteiger partial charge in [-0.05, 0) is 74.1 Å². The number of likely N-dealkylation sites (tertiary alicyclic amines) is 1. The topological polar surface area (TPSA) is 116 Å². The first-order valence-electron chi connectivity index (χ1n) is 14.0. The molecule has 2 aromatic rings. The fourth-order valence-electron chi connectivity index (χ4n) is 6.17. The number of amides is 5. The summed E-state index contributed by atoms with van der Waals surface area (Å²) in [5.74, 6) is -0.354. The monoisotopic (exact) mass is 544 g/mol. The van der Waals surface area contributed by atoms with Crippen LogP contribution in [0.2, 0.25) is 0 Å². The van der Waals surface area contributed by atoms with Gasteiger partial charge in [-0.15, -0.1) is 0 Å². The molecule has 10 heteroatoms. The number of hydrogen-bond donors (Lipinski definition) is 1. The minimum Gasteiger partial charge on any atom is -0.491 e. The zero-order chi connectivity index (χ0) is 27.8. The Bertz CT molecular complexity index is 1390. The van der Waals surface area contributed by atoms with Crippen LogP contribution in [0.3, 0.4) is 0 Å². The van der Waals surface area contributed by atoms with Crippen LogP contribution in [0.4, 0.5) is 5.69 Å². The molecule has 6 rings (SSSR count). The zero-order valence-electron chi connectivity index (χ0n) is 22.3. The van der Waals surface area contributed by atoms with Gasteiger partial charge in [0, 0.05) is 49.3 Å². The Hall–Kier alpha value is -4.21. The fourth-order valence-corrected chi connectivity index (χ4v) is 6.17. The number of anilines is 1. The van der Waals surface area contributed by atoms with Gasteiger partial charge in [0.15, 0.2) is 0 Å². The summed E-state index contributed by atoms with van der Waals surface area (Å²) in [4.78, 5) is 67.7. The average molecular weight is 545 g/mol. The van der Waals surface area contributed by atoms with Crippen molar-refractivity contribution in [2.24, 2.45) is 0 Å². The quantitative estimate of drug-likeness (QED) is 0.559. The van der Waals surface area contributed by atoms with E-state index in [1.807, 2.05) is 29.2 Å². The maximum absolute atomic E-state index is 13.6. The molecule has 3 saturated heterocycles. The predicted molar refractivity (Wildman–Crippen MR) is 145 cm³/mol.